The summed E-state index contributed by atoms with van der Waals surface area (Å²) in [4.78, 5) is 33.0. The lowest BCUT2D eigenvalue weighted by Gasteiger charge is -2.38. The van der Waals surface area contributed by atoms with Crippen LogP contribution in [-0.2, 0) is 33.3 Å². The predicted molar refractivity (Wildman–Crippen MR) is 61.8 cm³/mol. The van der Waals surface area contributed by atoms with Crippen LogP contribution < -0.4 is 0 Å². The van der Waals surface area contributed by atoms with Crippen molar-refractivity contribution in [2.45, 2.75) is 46.2 Å². The van der Waals surface area contributed by atoms with Gasteiger partial charge in [0.15, 0.2) is 6.10 Å². The Bertz CT molecular complexity index is 365. The fourth-order valence-electron chi connectivity index (χ4n) is 1.87. The summed E-state index contributed by atoms with van der Waals surface area (Å²) < 4.78 is 20.4. The van der Waals surface area contributed by atoms with Gasteiger partial charge in [-0.3, -0.25) is 14.4 Å². The molecule has 7 nitrogen and oxygen atoms in total. The Hall–Kier alpha value is -1.63. The van der Waals surface area contributed by atoms with Crippen LogP contribution in [-0.4, -0.2) is 43.0 Å². The number of hydrogen-bond acceptors (Lipinski definition) is 7. The summed E-state index contributed by atoms with van der Waals surface area (Å²) >= 11 is 0. The summed E-state index contributed by atoms with van der Waals surface area (Å²) in [7, 11) is 0. The molecule has 1 fully saturated rings. The third-order valence-corrected chi connectivity index (χ3v) is 2.70. The van der Waals surface area contributed by atoms with Crippen LogP contribution in [0, 0.1) is 5.92 Å². The van der Waals surface area contributed by atoms with E-state index >= 15 is 0 Å². The molecule has 0 N–H and O–H groups in total. The van der Waals surface area contributed by atoms with Crippen molar-refractivity contribution in [1.82, 2.24) is 0 Å². The Labute approximate surface area is 111 Å². The van der Waals surface area contributed by atoms with Gasteiger partial charge >= 0.3 is 17.9 Å². The van der Waals surface area contributed by atoms with Gasteiger partial charge in [0.05, 0.1) is 6.61 Å². The first-order valence-electron chi connectivity index (χ1n) is 5.94. The van der Waals surface area contributed by atoms with Crippen molar-refractivity contribution in [3.05, 3.63) is 0 Å². The number of esters is 3. The molecule has 108 valence electrons. The van der Waals surface area contributed by atoms with Gasteiger partial charge < -0.3 is 18.9 Å². The van der Waals surface area contributed by atoms with Gasteiger partial charge in [0.2, 0.25) is 6.29 Å². The molecule has 0 aliphatic carbocycles. The van der Waals surface area contributed by atoms with Gasteiger partial charge in [-0.15, -0.1) is 0 Å². The first kappa shape index (κ1) is 15.4. The number of carbonyl (C=O) groups is 3. The third kappa shape index (κ3) is 4.51. The van der Waals surface area contributed by atoms with E-state index in [0.29, 0.717) is 0 Å². The third-order valence-electron chi connectivity index (χ3n) is 2.70. The van der Waals surface area contributed by atoms with Crippen LogP contribution >= 0.6 is 0 Å². The monoisotopic (exact) mass is 274 g/mol. The lowest BCUT2D eigenvalue weighted by Crippen LogP contribution is -2.52. The van der Waals surface area contributed by atoms with Crippen LogP contribution in [0.25, 0.3) is 0 Å². The number of hydrogen-bond donors (Lipinski definition) is 0. The summed E-state index contributed by atoms with van der Waals surface area (Å²) in [6.07, 6.45) is -2.34. The number of ether oxygens (including phenoxy) is 4. The molecular weight excluding hydrogens is 256 g/mol. The van der Waals surface area contributed by atoms with Gasteiger partial charge in [-0.05, 0) is 0 Å². The van der Waals surface area contributed by atoms with Crippen molar-refractivity contribution in [2.75, 3.05) is 6.61 Å². The van der Waals surface area contributed by atoms with Gasteiger partial charge in [-0.2, -0.15) is 0 Å². The second-order valence-corrected chi connectivity index (χ2v) is 4.39. The van der Waals surface area contributed by atoms with E-state index in [4.69, 9.17) is 18.9 Å². The molecular formula is C12H18O7. The fourth-order valence-corrected chi connectivity index (χ4v) is 1.87. The normalized spacial score (nSPS) is 30.3. The van der Waals surface area contributed by atoms with Crippen molar-refractivity contribution < 1.29 is 33.3 Å². The molecule has 4 atom stereocenters. The average molecular weight is 274 g/mol. The summed E-state index contributed by atoms with van der Waals surface area (Å²) in [6.45, 7) is 5.58. The molecule has 1 aliphatic rings. The molecule has 0 aromatic rings. The first-order chi connectivity index (χ1) is 8.81. The highest BCUT2D eigenvalue weighted by atomic mass is 16.7. The lowest BCUT2D eigenvalue weighted by atomic mass is 9.95. The van der Waals surface area contributed by atoms with Crippen LogP contribution in [0.5, 0.6) is 0 Å². The summed E-state index contributed by atoms with van der Waals surface area (Å²) in [5, 5.41) is 0. The molecule has 1 saturated heterocycles. The molecule has 0 spiro atoms. The standard InChI is InChI=1S/C12H18O7/c1-6-10(17-7(2)13)5-16-12(19-9(4)15)11(6)18-8(3)14/h6,10-12H,5H2,1-4H3/t6-,10-,11?,12?/m0/s1. The molecule has 1 rings (SSSR count). The zero-order valence-electron chi connectivity index (χ0n) is 11.4. The molecule has 1 heterocycles. The van der Waals surface area contributed by atoms with E-state index in [1.54, 1.807) is 6.92 Å². The molecule has 2 unspecified atom stereocenters. The van der Waals surface area contributed by atoms with Crippen LogP contribution in [0.2, 0.25) is 0 Å². The molecule has 0 aromatic heterocycles. The highest BCUT2D eigenvalue weighted by Gasteiger charge is 2.43. The van der Waals surface area contributed by atoms with E-state index < -0.39 is 36.4 Å². The lowest BCUT2D eigenvalue weighted by molar-refractivity contribution is -0.257. The van der Waals surface area contributed by atoms with E-state index in [-0.39, 0.29) is 12.5 Å². The van der Waals surface area contributed by atoms with Crippen molar-refractivity contribution in [2.24, 2.45) is 5.92 Å². The molecule has 0 bridgehead atoms. The maximum atomic E-state index is 11.1. The Kier molecular flexibility index (Phi) is 5.29. The zero-order valence-corrected chi connectivity index (χ0v) is 11.4. The minimum absolute atomic E-state index is 0.0798. The van der Waals surface area contributed by atoms with Crippen LogP contribution in [0.4, 0.5) is 0 Å². The fraction of sp³-hybridized carbons (Fsp3) is 0.750. The Balaban J connectivity index is 2.79. The quantitative estimate of drug-likeness (QED) is 0.544. The van der Waals surface area contributed by atoms with E-state index in [0.717, 1.165) is 0 Å². The molecule has 1 aliphatic heterocycles. The smallest absolute Gasteiger partial charge is 0.305 e. The Morgan fingerprint density at radius 1 is 0.947 bits per heavy atom. The highest BCUT2D eigenvalue weighted by Crippen LogP contribution is 2.27. The van der Waals surface area contributed by atoms with Crippen molar-refractivity contribution in [3.63, 3.8) is 0 Å². The Morgan fingerprint density at radius 2 is 1.47 bits per heavy atom. The van der Waals surface area contributed by atoms with Crippen molar-refractivity contribution in [3.8, 4) is 0 Å². The minimum atomic E-state index is -0.983. The second kappa shape index (κ2) is 6.51. The molecule has 0 amide bonds. The van der Waals surface area contributed by atoms with Gasteiger partial charge in [0, 0.05) is 26.7 Å². The van der Waals surface area contributed by atoms with E-state index in [2.05, 4.69) is 0 Å². The molecule has 0 aromatic carbocycles. The topological polar surface area (TPSA) is 88.1 Å². The molecule has 0 saturated carbocycles. The maximum Gasteiger partial charge on any atom is 0.305 e. The summed E-state index contributed by atoms with van der Waals surface area (Å²) in [5.74, 6) is -1.86. The van der Waals surface area contributed by atoms with Gasteiger partial charge in [0.1, 0.15) is 6.10 Å². The molecule has 19 heavy (non-hydrogen) atoms. The van der Waals surface area contributed by atoms with Crippen molar-refractivity contribution in [1.29, 1.82) is 0 Å². The average Bonchev–Trinajstić information content (AvgIpc) is 2.26. The van der Waals surface area contributed by atoms with Gasteiger partial charge in [-0.1, -0.05) is 6.92 Å². The molecule has 7 heteroatoms. The minimum Gasteiger partial charge on any atom is -0.460 e. The maximum absolute atomic E-state index is 11.1. The molecule has 0 radical (unpaired) electrons. The largest absolute Gasteiger partial charge is 0.460 e. The van der Waals surface area contributed by atoms with Crippen LogP contribution in [0.1, 0.15) is 27.7 Å². The second-order valence-electron chi connectivity index (χ2n) is 4.39. The SMILES string of the molecule is CC(=O)OC1OC[C@H](OC(C)=O)[C@H](C)C1OC(C)=O. The van der Waals surface area contributed by atoms with Crippen LogP contribution in [0.3, 0.4) is 0 Å². The Morgan fingerprint density at radius 3 is 1.95 bits per heavy atom. The number of carbonyl (C=O) groups excluding carboxylic acids is 3. The number of rotatable bonds is 3. The zero-order chi connectivity index (χ0) is 14.6. The van der Waals surface area contributed by atoms with E-state index in [9.17, 15) is 14.4 Å². The van der Waals surface area contributed by atoms with Crippen molar-refractivity contribution >= 4 is 17.9 Å². The first-order valence-corrected chi connectivity index (χ1v) is 5.94. The van der Waals surface area contributed by atoms with E-state index in [1.807, 2.05) is 0 Å². The van der Waals surface area contributed by atoms with Gasteiger partial charge in [-0.25, -0.2) is 0 Å². The predicted octanol–water partition coefficient (Wildman–Crippen LogP) is 0.405. The van der Waals surface area contributed by atoms with Crippen LogP contribution in [0.15, 0.2) is 0 Å². The summed E-state index contributed by atoms with van der Waals surface area (Å²) in [5.41, 5.74) is 0. The van der Waals surface area contributed by atoms with Gasteiger partial charge in [0.25, 0.3) is 0 Å². The highest BCUT2D eigenvalue weighted by molar-refractivity contribution is 5.67. The summed E-state index contributed by atoms with van der Waals surface area (Å²) in [6, 6.07) is 0. The van der Waals surface area contributed by atoms with E-state index in [1.165, 1.54) is 20.8 Å².